The third-order valence-electron chi connectivity index (χ3n) is 3.97. The van der Waals surface area contributed by atoms with Crippen molar-refractivity contribution in [1.29, 1.82) is 0 Å². The summed E-state index contributed by atoms with van der Waals surface area (Å²) in [5, 5.41) is 10.9. The van der Waals surface area contributed by atoms with Crippen molar-refractivity contribution in [3.63, 3.8) is 0 Å². The minimum atomic E-state index is -0.439. The highest BCUT2D eigenvalue weighted by atomic mass is 16.6. The zero-order valence-corrected chi connectivity index (χ0v) is 11.9. The Morgan fingerprint density at radius 2 is 2.05 bits per heavy atom. The number of anilines is 1. The monoisotopic (exact) mass is 280 g/mol. The van der Waals surface area contributed by atoms with Gasteiger partial charge in [-0.3, -0.25) is 10.1 Å². The van der Waals surface area contributed by atoms with Crippen LogP contribution in [-0.4, -0.2) is 42.7 Å². The van der Waals surface area contributed by atoms with Crippen molar-refractivity contribution in [2.75, 3.05) is 39.0 Å². The molecule has 1 aromatic rings. The molecule has 0 radical (unpaired) electrons. The molecule has 0 aromatic heterocycles. The lowest BCUT2D eigenvalue weighted by Gasteiger charge is -2.37. The standard InChI is InChI=1S/C14H22N3O3/c1-17(7-3-2-4-8-17)9-10-20-14-11-12(15)5-6-13(14)16(18)19/h5-6,11H,2-4,7-10,15H2,1H3/q+1. The molecule has 0 bridgehead atoms. The van der Waals surface area contributed by atoms with Crippen LogP contribution in [0.3, 0.4) is 0 Å². The Morgan fingerprint density at radius 3 is 2.70 bits per heavy atom. The van der Waals surface area contributed by atoms with Crippen molar-refractivity contribution in [1.82, 2.24) is 0 Å². The minimum absolute atomic E-state index is 0.0273. The molecule has 110 valence electrons. The number of nitrogen functional groups attached to an aromatic ring is 1. The predicted molar refractivity (Wildman–Crippen MR) is 77.6 cm³/mol. The molecule has 20 heavy (non-hydrogen) atoms. The van der Waals surface area contributed by atoms with E-state index in [9.17, 15) is 10.1 Å². The molecule has 6 heteroatoms. The summed E-state index contributed by atoms with van der Waals surface area (Å²) in [7, 11) is 2.22. The summed E-state index contributed by atoms with van der Waals surface area (Å²) in [6.07, 6.45) is 3.79. The van der Waals surface area contributed by atoms with E-state index in [-0.39, 0.29) is 11.4 Å². The summed E-state index contributed by atoms with van der Waals surface area (Å²) in [5.74, 6) is 0.263. The molecule has 0 amide bonds. The molecular weight excluding hydrogens is 258 g/mol. The van der Waals surface area contributed by atoms with Crippen LogP contribution in [0.25, 0.3) is 0 Å². The highest BCUT2D eigenvalue weighted by molar-refractivity contribution is 5.55. The van der Waals surface area contributed by atoms with Crippen molar-refractivity contribution in [3.8, 4) is 5.75 Å². The van der Waals surface area contributed by atoms with Gasteiger partial charge >= 0.3 is 5.69 Å². The number of rotatable bonds is 5. The van der Waals surface area contributed by atoms with E-state index < -0.39 is 4.92 Å². The van der Waals surface area contributed by atoms with Crippen molar-refractivity contribution >= 4 is 11.4 Å². The fourth-order valence-electron chi connectivity index (χ4n) is 2.67. The predicted octanol–water partition coefficient (Wildman–Crippen LogP) is 2.19. The Balaban J connectivity index is 1.96. The number of piperidine rings is 1. The van der Waals surface area contributed by atoms with Crippen molar-refractivity contribution < 1.29 is 14.1 Å². The molecule has 2 N–H and O–H groups in total. The summed E-state index contributed by atoms with van der Waals surface area (Å²) >= 11 is 0. The van der Waals surface area contributed by atoms with Gasteiger partial charge in [0.15, 0.2) is 5.75 Å². The first-order valence-electron chi connectivity index (χ1n) is 7.00. The van der Waals surface area contributed by atoms with Gasteiger partial charge < -0.3 is 15.0 Å². The van der Waals surface area contributed by atoms with E-state index in [2.05, 4.69) is 7.05 Å². The molecule has 6 nitrogen and oxygen atoms in total. The molecule has 0 saturated carbocycles. The Kier molecular flexibility index (Phi) is 4.44. The van der Waals surface area contributed by atoms with Gasteiger partial charge in [-0.1, -0.05) is 0 Å². The third kappa shape index (κ3) is 3.60. The summed E-state index contributed by atoms with van der Waals surface area (Å²) in [5.41, 5.74) is 6.11. The lowest BCUT2D eigenvalue weighted by atomic mass is 10.1. The zero-order chi connectivity index (χ0) is 14.6. The lowest BCUT2D eigenvalue weighted by Crippen LogP contribution is -2.50. The van der Waals surface area contributed by atoms with Crippen LogP contribution in [0.15, 0.2) is 18.2 Å². The molecular formula is C14H22N3O3+. The van der Waals surface area contributed by atoms with Crippen LogP contribution in [0.5, 0.6) is 5.75 Å². The largest absolute Gasteiger partial charge is 0.481 e. The second-order valence-electron chi connectivity index (χ2n) is 5.68. The van der Waals surface area contributed by atoms with E-state index in [1.165, 1.54) is 37.5 Å². The minimum Gasteiger partial charge on any atom is -0.481 e. The number of nitrogens with zero attached hydrogens (tertiary/aromatic N) is 2. The van der Waals surface area contributed by atoms with Crippen LogP contribution in [0.2, 0.25) is 0 Å². The number of ether oxygens (including phenoxy) is 1. The normalized spacial score (nSPS) is 17.6. The first-order chi connectivity index (χ1) is 9.50. The van der Waals surface area contributed by atoms with E-state index in [0.717, 1.165) is 24.1 Å². The van der Waals surface area contributed by atoms with Gasteiger partial charge in [0.2, 0.25) is 0 Å². The maximum Gasteiger partial charge on any atom is 0.311 e. The van der Waals surface area contributed by atoms with Crippen molar-refractivity contribution in [3.05, 3.63) is 28.3 Å². The highest BCUT2D eigenvalue weighted by Gasteiger charge is 2.25. The van der Waals surface area contributed by atoms with E-state index in [1.54, 1.807) is 0 Å². The molecule has 1 fully saturated rings. The van der Waals surface area contributed by atoms with Gasteiger partial charge in [0.05, 0.1) is 25.1 Å². The highest BCUT2D eigenvalue weighted by Crippen LogP contribution is 2.29. The number of nitro groups is 1. The van der Waals surface area contributed by atoms with Crippen LogP contribution >= 0.6 is 0 Å². The van der Waals surface area contributed by atoms with Crippen molar-refractivity contribution in [2.45, 2.75) is 19.3 Å². The number of nitro benzene ring substituents is 1. The average Bonchev–Trinajstić information content (AvgIpc) is 2.39. The Hall–Kier alpha value is -1.82. The van der Waals surface area contributed by atoms with E-state index >= 15 is 0 Å². The van der Waals surface area contributed by atoms with Gasteiger partial charge in [-0.05, 0) is 25.3 Å². The Bertz CT molecular complexity index is 485. The molecule has 0 spiro atoms. The smallest absolute Gasteiger partial charge is 0.311 e. The number of likely N-dealkylation sites (N-methyl/N-ethyl adjacent to an activating group) is 1. The van der Waals surface area contributed by atoms with Gasteiger partial charge in [0.1, 0.15) is 13.2 Å². The second-order valence-corrected chi connectivity index (χ2v) is 5.68. The van der Waals surface area contributed by atoms with Crippen LogP contribution in [0.4, 0.5) is 11.4 Å². The molecule has 0 unspecified atom stereocenters. The van der Waals surface area contributed by atoms with E-state index in [4.69, 9.17) is 10.5 Å². The second kappa shape index (κ2) is 6.09. The summed E-state index contributed by atoms with van der Waals surface area (Å²) in [6.45, 7) is 3.65. The number of quaternary nitrogens is 1. The third-order valence-corrected chi connectivity index (χ3v) is 3.97. The Labute approximate surface area is 118 Å². The van der Waals surface area contributed by atoms with Gasteiger partial charge in [-0.25, -0.2) is 0 Å². The summed E-state index contributed by atoms with van der Waals surface area (Å²) in [4.78, 5) is 10.5. The summed E-state index contributed by atoms with van der Waals surface area (Å²) < 4.78 is 6.59. The molecule has 1 heterocycles. The fourth-order valence-corrected chi connectivity index (χ4v) is 2.67. The first-order valence-corrected chi connectivity index (χ1v) is 7.00. The maximum absolute atomic E-state index is 10.9. The number of hydrogen-bond acceptors (Lipinski definition) is 4. The molecule has 0 atom stereocenters. The van der Waals surface area contributed by atoms with E-state index in [0.29, 0.717) is 12.3 Å². The number of benzene rings is 1. The topological polar surface area (TPSA) is 78.4 Å². The lowest BCUT2D eigenvalue weighted by molar-refractivity contribution is -0.914. The van der Waals surface area contributed by atoms with Crippen molar-refractivity contribution in [2.24, 2.45) is 0 Å². The molecule has 0 aliphatic carbocycles. The van der Waals surface area contributed by atoms with E-state index in [1.807, 2.05) is 0 Å². The fraction of sp³-hybridized carbons (Fsp3) is 0.571. The molecule has 1 aliphatic heterocycles. The first kappa shape index (κ1) is 14.6. The zero-order valence-electron chi connectivity index (χ0n) is 11.9. The Morgan fingerprint density at radius 1 is 1.35 bits per heavy atom. The average molecular weight is 280 g/mol. The quantitative estimate of drug-likeness (QED) is 0.388. The molecule has 1 aliphatic rings. The molecule has 2 rings (SSSR count). The SMILES string of the molecule is C[N+]1(CCOc2cc(N)ccc2[N+](=O)[O-])CCCCC1. The van der Waals surface area contributed by atoms with Gasteiger partial charge in [0, 0.05) is 17.8 Å². The molecule has 1 saturated heterocycles. The maximum atomic E-state index is 10.9. The number of hydrogen-bond donors (Lipinski definition) is 1. The summed E-state index contributed by atoms with van der Waals surface area (Å²) in [6, 6.07) is 4.43. The van der Waals surface area contributed by atoms with Gasteiger partial charge in [-0.15, -0.1) is 0 Å². The van der Waals surface area contributed by atoms with Gasteiger partial charge in [-0.2, -0.15) is 0 Å². The van der Waals surface area contributed by atoms with Gasteiger partial charge in [0.25, 0.3) is 0 Å². The van der Waals surface area contributed by atoms with Crippen LogP contribution in [0.1, 0.15) is 19.3 Å². The number of likely N-dealkylation sites (tertiary alicyclic amines) is 1. The van der Waals surface area contributed by atoms with Crippen LogP contribution in [0, 0.1) is 10.1 Å². The van der Waals surface area contributed by atoms with Crippen LogP contribution < -0.4 is 10.5 Å². The van der Waals surface area contributed by atoms with Crippen LogP contribution in [-0.2, 0) is 0 Å². The number of nitrogens with two attached hydrogens (primary N) is 1. The molecule has 1 aromatic carbocycles.